The van der Waals surface area contributed by atoms with Crippen LogP contribution in [0.15, 0.2) is 76.3 Å². The third-order valence-corrected chi connectivity index (χ3v) is 6.61. The summed E-state index contributed by atoms with van der Waals surface area (Å²) in [5.74, 6) is 1.03. The molecule has 35 heavy (non-hydrogen) atoms. The zero-order valence-electron chi connectivity index (χ0n) is 19.2. The van der Waals surface area contributed by atoms with Gasteiger partial charge in [-0.2, -0.15) is 4.98 Å². The number of halogens is 1. The summed E-state index contributed by atoms with van der Waals surface area (Å²) in [5, 5.41) is 9.13. The Balaban J connectivity index is 1.56. The fraction of sp³-hybridized carbons (Fsp3) is 0.192. The van der Waals surface area contributed by atoms with Crippen LogP contribution < -0.4 is 10.1 Å². The molecule has 2 amide bonds. The maximum Gasteiger partial charge on any atom is 0.322 e. The van der Waals surface area contributed by atoms with Crippen LogP contribution in [0.25, 0.3) is 17.0 Å². The Morgan fingerprint density at radius 3 is 2.71 bits per heavy atom. The lowest BCUT2D eigenvalue weighted by Crippen LogP contribution is -2.45. The third-order valence-electron chi connectivity index (χ3n) is 5.75. The number of hydrogen-bond donors (Lipinski definition) is 1. The Bertz CT molecular complexity index is 1370. The minimum absolute atomic E-state index is 0.261. The van der Waals surface area contributed by atoms with Gasteiger partial charge in [-0.15, -0.1) is 11.3 Å². The van der Waals surface area contributed by atoms with E-state index < -0.39 is 11.9 Å². The number of ether oxygens (including phenoxy) is 1. The van der Waals surface area contributed by atoms with Crippen LogP contribution in [-0.4, -0.2) is 27.7 Å². The Morgan fingerprint density at radius 1 is 1.17 bits per heavy atom. The summed E-state index contributed by atoms with van der Waals surface area (Å²) in [6.07, 6.45) is 0. The number of allylic oxidation sites excluding steroid dienone is 1. The van der Waals surface area contributed by atoms with Gasteiger partial charge in [0.25, 0.3) is 5.89 Å². The number of carbonyl (C=O) groups is 1. The van der Waals surface area contributed by atoms with Crippen LogP contribution >= 0.6 is 11.3 Å². The minimum atomic E-state index is -0.647. The maximum atomic E-state index is 14.1. The highest BCUT2D eigenvalue weighted by Crippen LogP contribution is 2.38. The molecular formula is C26H23FN4O3S. The molecule has 1 N–H and O–H groups in total. The Hall–Kier alpha value is -3.98. The van der Waals surface area contributed by atoms with E-state index in [1.807, 2.05) is 55.6 Å². The van der Waals surface area contributed by atoms with Gasteiger partial charge in [0.1, 0.15) is 11.6 Å². The molecule has 0 aliphatic carbocycles. The molecule has 7 nitrogen and oxygen atoms in total. The van der Waals surface area contributed by atoms with Crippen molar-refractivity contribution in [1.82, 2.24) is 20.4 Å². The topological polar surface area (TPSA) is 80.5 Å². The average Bonchev–Trinajstić information content (AvgIpc) is 3.55. The molecule has 2 aromatic heterocycles. The zero-order valence-corrected chi connectivity index (χ0v) is 20.0. The lowest BCUT2D eigenvalue weighted by atomic mass is 9.94. The van der Waals surface area contributed by atoms with E-state index in [-0.39, 0.29) is 11.9 Å². The fourth-order valence-corrected chi connectivity index (χ4v) is 4.75. The molecule has 178 valence electrons. The van der Waals surface area contributed by atoms with Gasteiger partial charge < -0.3 is 14.6 Å². The minimum Gasteiger partial charge on any atom is -0.494 e. The summed E-state index contributed by atoms with van der Waals surface area (Å²) >= 11 is 1.57. The Labute approximate surface area is 205 Å². The van der Waals surface area contributed by atoms with Crippen LogP contribution in [0.3, 0.4) is 0 Å². The molecule has 0 fully saturated rings. The van der Waals surface area contributed by atoms with Crippen molar-refractivity contribution in [1.29, 1.82) is 0 Å². The number of hydrogen-bond acceptors (Lipinski definition) is 6. The van der Waals surface area contributed by atoms with Crippen molar-refractivity contribution in [3.63, 3.8) is 0 Å². The van der Waals surface area contributed by atoms with Gasteiger partial charge in [-0.05, 0) is 67.3 Å². The molecule has 0 radical (unpaired) electrons. The molecule has 1 unspecified atom stereocenters. The molecule has 0 saturated carbocycles. The lowest BCUT2D eigenvalue weighted by Gasteiger charge is -2.35. The zero-order chi connectivity index (χ0) is 24.4. The van der Waals surface area contributed by atoms with Crippen LogP contribution in [0, 0.1) is 5.82 Å². The monoisotopic (exact) mass is 490 g/mol. The number of nitrogens with one attached hydrogen (secondary N) is 1. The highest BCUT2D eigenvalue weighted by Gasteiger charge is 2.36. The fourth-order valence-electron chi connectivity index (χ4n) is 4.06. The Morgan fingerprint density at radius 2 is 2.00 bits per heavy atom. The van der Waals surface area contributed by atoms with Gasteiger partial charge in [-0.3, -0.25) is 4.90 Å². The van der Waals surface area contributed by atoms with Crippen LogP contribution in [0.5, 0.6) is 5.75 Å². The molecule has 1 aliphatic heterocycles. The first kappa shape index (κ1) is 22.8. The van der Waals surface area contributed by atoms with E-state index in [4.69, 9.17) is 9.26 Å². The normalized spacial score (nSPS) is 15.9. The molecular weight excluding hydrogens is 467 g/mol. The summed E-state index contributed by atoms with van der Waals surface area (Å²) in [5.41, 5.74) is 2.64. The molecule has 5 rings (SSSR count). The summed E-state index contributed by atoms with van der Waals surface area (Å²) in [4.78, 5) is 20.4. The number of aromatic nitrogens is 2. The molecule has 3 heterocycles. The van der Waals surface area contributed by atoms with Crippen molar-refractivity contribution in [3.05, 3.63) is 93.9 Å². The molecule has 1 aliphatic rings. The molecule has 0 bridgehead atoms. The number of thiophene rings is 1. The number of nitrogens with zero attached hydrogens (tertiary/aromatic N) is 3. The van der Waals surface area contributed by atoms with Crippen LogP contribution in [0.4, 0.5) is 9.18 Å². The van der Waals surface area contributed by atoms with E-state index in [0.717, 1.165) is 16.2 Å². The van der Waals surface area contributed by atoms with Gasteiger partial charge in [0.05, 0.1) is 24.8 Å². The SMILES string of the molecule is CCOc1ccc(-c2noc(C3=C(C)N(Cc4cccs4)C(=O)NC3c3cccc(F)c3)n2)cc1. The molecule has 0 saturated heterocycles. The van der Waals surface area contributed by atoms with Crippen molar-refractivity contribution in [2.45, 2.75) is 26.4 Å². The van der Waals surface area contributed by atoms with Crippen molar-refractivity contribution >= 4 is 22.9 Å². The standard InChI is InChI=1S/C26H23FN4O3S/c1-3-33-20-11-9-17(10-12-20)24-29-25(34-30-24)22-16(2)31(15-21-8-5-13-35-21)26(32)28-23(22)18-6-4-7-19(27)14-18/h4-14,23H,3,15H2,1-2H3,(H,28,32). The largest absolute Gasteiger partial charge is 0.494 e. The smallest absolute Gasteiger partial charge is 0.322 e. The van der Waals surface area contributed by atoms with Crippen molar-refractivity contribution in [3.8, 4) is 17.1 Å². The molecule has 0 spiro atoms. The van der Waals surface area contributed by atoms with Crippen LogP contribution in [0.2, 0.25) is 0 Å². The quantitative estimate of drug-likeness (QED) is 0.342. The van der Waals surface area contributed by atoms with Gasteiger partial charge in [-0.1, -0.05) is 23.4 Å². The number of urea groups is 1. The van der Waals surface area contributed by atoms with Gasteiger partial charge in [0.2, 0.25) is 5.82 Å². The second-order valence-electron chi connectivity index (χ2n) is 7.98. The van der Waals surface area contributed by atoms with Gasteiger partial charge in [0.15, 0.2) is 0 Å². The van der Waals surface area contributed by atoms with Crippen LogP contribution in [-0.2, 0) is 6.54 Å². The van der Waals surface area contributed by atoms with Gasteiger partial charge in [-0.25, -0.2) is 9.18 Å². The Kier molecular flexibility index (Phi) is 6.33. The summed E-state index contributed by atoms with van der Waals surface area (Å²) in [6, 6.07) is 16.5. The number of rotatable bonds is 7. The maximum absolute atomic E-state index is 14.1. The second kappa shape index (κ2) is 9.71. The van der Waals surface area contributed by atoms with E-state index >= 15 is 0 Å². The van der Waals surface area contributed by atoms with Crippen LogP contribution in [0.1, 0.15) is 36.2 Å². The van der Waals surface area contributed by atoms with E-state index in [2.05, 4.69) is 15.5 Å². The van der Waals surface area contributed by atoms with E-state index in [0.29, 0.717) is 35.8 Å². The number of amides is 2. The van der Waals surface area contributed by atoms with Crippen molar-refractivity contribution in [2.75, 3.05) is 6.61 Å². The predicted molar refractivity (Wildman–Crippen MR) is 131 cm³/mol. The molecule has 9 heteroatoms. The highest BCUT2D eigenvalue weighted by atomic mass is 32.1. The molecule has 2 aromatic carbocycles. The van der Waals surface area contributed by atoms with E-state index in [1.165, 1.54) is 12.1 Å². The third kappa shape index (κ3) is 4.67. The summed E-state index contributed by atoms with van der Waals surface area (Å²) in [7, 11) is 0. The highest BCUT2D eigenvalue weighted by molar-refractivity contribution is 7.09. The van der Waals surface area contributed by atoms with Crippen molar-refractivity contribution < 1.29 is 18.4 Å². The first-order valence-electron chi connectivity index (χ1n) is 11.2. The average molecular weight is 491 g/mol. The number of carbonyl (C=O) groups excluding carboxylic acids is 1. The summed E-state index contributed by atoms with van der Waals surface area (Å²) in [6.45, 7) is 4.74. The first-order chi connectivity index (χ1) is 17.0. The lowest BCUT2D eigenvalue weighted by molar-refractivity contribution is 0.203. The predicted octanol–water partition coefficient (Wildman–Crippen LogP) is 6.03. The van der Waals surface area contributed by atoms with Crippen molar-refractivity contribution in [2.24, 2.45) is 0 Å². The molecule has 4 aromatic rings. The summed E-state index contributed by atoms with van der Waals surface area (Å²) < 4.78 is 25.3. The second-order valence-corrected chi connectivity index (χ2v) is 9.01. The van der Waals surface area contributed by atoms with Gasteiger partial charge in [0, 0.05) is 16.1 Å². The van der Waals surface area contributed by atoms with Gasteiger partial charge >= 0.3 is 6.03 Å². The first-order valence-corrected chi connectivity index (χ1v) is 12.1. The number of benzene rings is 2. The van der Waals surface area contributed by atoms with E-state index in [9.17, 15) is 9.18 Å². The molecule has 1 atom stereocenters. The van der Waals surface area contributed by atoms with E-state index in [1.54, 1.807) is 28.4 Å².